The predicted octanol–water partition coefficient (Wildman–Crippen LogP) is 3.20. The van der Waals surface area contributed by atoms with Crippen molar-refractivity contribution in [3.8, 4) is 0 Å². The lowest BCUT2D eigenvalue weighted by Crippen LogP contribution is -2.09. The molecule has 2 aromatic rings. The first-order valence-electron chi connectivity index (χ1n) is 7.09. The minimum absolute atomic E-state index is 0.335. The Morgan fingerprint density at radius 3 is 2.79 bits per heavy atom. The number of nitrogens with two attached hydrogens (primary N) is 1. The Morgan fingerprint density at radius 2 is 1.95 bits per heavy atom. The lowest BCUT2D eigenvalue weighted by atomic mass is 10.0. The molecule has 19 heavy (non-hydrogen) atoms. The van der Waals surface area contributed by atoms with Crippen LogP contribution in [-0.4, -0.2) is 16.5 Å². The first-order valence-corrected chi connectivity index (χ1v) is 7.09. The molecule has 3 rings (SSSR count). The van der Waals surface area contributed by atoms with Crippen molar-refractivity contribution in [2.75, 3.05) is 17.6 Å². The molecule has 1 aromatic carbocycles. The van der Waals surface area contributed by atoms with Crippen molar-refractivity contribution >= 4 is 22.7 Å². The minimum Gasteiger partial charge on any atom is -0.369 e. The molecule has 1 fully saturated rings. The molecule has 0 radical (unpaired) electrons. The quantitative estimate of drug-likeness (QED) is 0.881. The molecule has 1 aromatic heterocycles. The standard InChI is InChI=1S/C15H20N4/c16-15-18-13-8-4-3-7-12(13)14(19-15)17-10-9-11-5-1-2-6-11/h3-4,7-8,11H,1-2,5-6,9-10H2,(H3,16,17,18,19). The summed E-state index contributed by atoms with van der Waals surface area (Å²) in [5.74, 6) is 2.08. The third-order valence-electron chi connectivity index (χ3n) is 3.94. The lowest BCUT2D eigenvalue weighted by Gasteiger charge is -2.12. The highest BCUT2D eigenvalue weighted by atomic mass is 15.1. The summed E-state index contributed by atoms with van der Waals surface area (Å²) in [6.07, 6.45) is 6.78. The van der Waals surface area contributed by atoms with Gasteiger partial charge in [-0.25, -0.2) is 4.98 Å². The number of hydrogen-bond donors (Lipinski definition) is 2. The largest absolute Gasteiger partial charge is 0.369 e. The van der Waals surface area contributed by atoms with E-state index in [9.17, 15) is 0 Å². The highest BCUT2D eigenvalue weighted by Gasteiger charge is 2.14. The summed E-state index contributed by atoms with van der Waals surface area (Å²) in [7, 11) is 0. The zero-order valence-corrected chi connectivity index (χ0v) is 11.1. The molecular formula is C15H20N4. The van der Waals surface area contributed by atoms with Crippen molar-refractivity contribution < 1.29 is 0 Å². The average molecular weight is 256 g/mol. The van der Waals surface area contributed by atoms with Gasteiger partial charge < -0.3 is 11.1 Å². The van der Waals surface area contributed by atoms with Crippen LogP contribution in [0.2, 0.25) is 0 Å². The molecule has 1 aliphatic carbocycles. The molecule has 0 amide bonds. The Bertz CT molecular complexity index is 561. The van der Waals surface area contributed by atoms with Gasteiger partial charge in [-0.1, -0.05) is 37.8 Å². The van der Waals surface area contributed by atoms with E-state index in [0.29, 0.717) is 5.95 Å². The van der Waals surface area contributed by atoms with Gasteiger partial charge >= 0.3 is 0 Å². The van der Waals surface area contributed by atoms with Gasteiger partial charge in [-0.3, -0.25) is 0 Å². The van der Waals surface area contributed by atoms with Crippen LogP contribution in [-0.2, 0) is 0 Å². The zero-order valence-electron chi connectivity index (χ0n) is 11.1. The molecular weight excluding hydrogens is 236 g/mol. The summed E-state index contributed by atoms with van der Waals surface area (Å²) in [5, 5.41) is 4.47. The summed E-state index contributed by atoms with van der Waals surface area (Å²) in [5.41, 5.74) is 6.66. The van der Waals surface area contributed by atoms with Gasteiger partial charge in [0.05, 0.1) is 5.52 Å². The fraction of sp³-hybridized carbons (Fsp3) is 0.467. The molecule has 4 heteroatoms. The van der Waals surface area contributed by atoms with Crippen molar-refractivity contribution in [3.05, 3.63) is 24.3 Å². The first kappa shape index (κ1) is 12.2. The van der Waals surface area contributed by atoms with Gasteiger partial charge in [0, 0.05) is 11.9 Å². The fourth-order valence-electron chi connectivity index (χ4n) is 2.92. The van der Waals surface area contributed by atoms with Gasteiger partial charge in [0.1, 0.15) is 5.82 Å². The number of nitrogens with one attached hydrogen (secondary N) is 1. The third-order valence-corrected chi connectivity index (χ3v) is 3.94. The number of rotatable bonds is 4. The van der Waals surface area contributed by atoms with E-state index < -0.39 is 0 Å². The maximum atomic E-state index is 5.76. The Labute approximate surface area is 113 Å². The minimum atomic E-state index is 0.335. The maximum Gasteiger partial charge on any atom is 0.222 e. The predicted molar refractivity (Wildman–Crippen MR) is 79.0 cm³/mol. The Morgan fingerprint density at radius 1 is 1.16 bits per heavy atom. The van der Waals surface area contributed by atoms with Crippen molar-refractivity contribution in [2.24, 2.45) is 5.92 Å². The van der Waals surface area contributed by atoms with Crippen molar-refractivity contribution in [1.29, 1.82) is 0 Å². The zero-order chi connectivity index (χ0) is 13.1. The van der Waals surface area contributed by atoms with E-state index >= 15 is 0 Å². The maximum absolute atomic E-state index is 5.76. The second-order valence-electron chi connectivity index (χ2n) is 5.31. The monoisotopic (exact) mass is 256 g/mol. The fourth-order valence-corrected chi connectivity index (χ4v) is 2.92. The molecule has 100 valence electrons. The Kier molecular flexibility index (Phi) is 3.49. The molecule has 0 unspecified atom stereocenters. The van der Waals surface area contributed by atoms with Crippen LogP contribution in [0.4, 0.5) is 11.8 Å². The van der Waals surface area contributed by atoms with E-state index in [4.69, 9.17) is 5.73 Å². The Hall–Kier alpha value is -1.84. The summed E-state index contributed by atoms with van der Waals surface area (Å²) < 4.78 is 0. The van der Waals surface area contributed by atoms with Crippen LogP contribution in [0.3, 0.4) is 0 Å². The van der Waals surface area contributed by atoms with Gasteiger partial charge in [0.25, 0.3) is 0 Å². The van der Waals surface area contributed by atoms with Crippen LogP contribution >= 0.6 is 0 Å². The van der Waals surface area contributed by atoms with Gasteiger partial charge in [0.15, 0.2) is 0 Å². The molecule has 1 aliphatic rings. The van der Waals surface area contributed by atoms with E-state index in [2.05, 4.69) is 15.3 Å². The van der Waals surface area contributed by atoms with E-state index in [0.717, 1.165) is 29.2 Å². The van der Waals surface area contributed by atoms with Gasteiger partial charge in [-0.2, -0.15) is 4.98 Å². The van der Waals surface area contributed by atoms with Crippen LogP contribution < -0.4 is 11.1 Å². The van der Waals surface area contributed by atoms with E-state index in [-0.39, 0.29) is 0 Å². The van der Waals surface area contributed by atoms with Crippen molar-refractivity contribution in [2.45, 2.75) is 32.1 Å². The normalized spacial score (nSPS) is 16.0. The molecule has 0 saturated heterocycles. The molecule has 0 bridgehead atoms. The SMILES string of the molecule is Nc1nc(NCCC2CCCC2)c2ccccc2n1. The summed E-state index contributed by atoms with van der Waals surface area (Å²) in [6.45, 7) is 0.963. The number of aromatic nitrogens is 2. The number of benzene rings is 1. The molecule has 1 heterocycles. The Balaban J connectivity index is 1.72. The topological polar surface area (TPSA) is 63.8 Å². The van der Waals surface area contributed by atoms with Gasteiger partial charge in [-0.15, -0.1) is 0 Å². The number of anilines is 2. The van der Waals surface area contributed by atoms with E-state index in [1.54, 1.807) is 0 Å². The first-order chi connectivity index (χ1) is 9.33. The lowest BCUT2D eigenvalue weighted by molar-refractivity contribution is 0.518. The van der Waals surface area contributed by atoms with Crippen molar-refractivity contribution in [3.63, 3.8) is 0 Å². The number of nitrogen functional groups attached to an aromatic ring is 1. The van der Waals surface area contributed by atoms with Crippen LogP contribution in [0.5, 0.6) is 0 Å². The number of nitrogens with zero attached hydrogens (tertiary/aromatic N) is 2. The highest BCUT2D eigenvalue weighted by Crippen LogP contribution is 2.28. The van der Waals surface area contributed by atoms with Crippen LogP contribution in [0, 0.1) is 5.92 Å². The highest BCUT2D eigenvalue weighted by molar-refractivity contribution is 5.89. The van der Waals surface area contributed by atoms with Crippen LogP contribution in [0.25, 0.3) is 10.9 Å². The molecule has 0 spiro atoms. The molecule has 3 N–H and O–H groups in total. The molecule has 0 aliphatic heterocycles. The third kappa shape index (κ3) is 2.78. The smallest absolute Gasteiger partial charge is 0.222 e. The van der Waals surface area contributed by atoms with Crippen LogP contribution in [0.15, 0.2) is 24.3 Å². The molecule has 4 nitrogen and oxygen atoms in total. The van der Waals surface area contributed by atoms with E-state index in [1.165, 1.54) is 32.1 Å². The van der Waals surface area contributed by atoms with Gasteiger partial charge in [-0.05, 0) is 24.5 Å². The number of para-hydroxylation sites is 1. The number of hydrogen-bond acceptors (Lipinski definition) is 4. The average Bonchev–Trinajstić information content (AvgIpc) is 2.91. The second-order valence-corrected chi connectivity index (χ2v) is 5.31. The van der Waals surface area contributed by atoms with Gasteiger partial charge in [0.2, 0.25) is 5.95 Å². The number of fused-ring (bicyclic) bond motifs is 1. The van der Waals surface area contributed by atoms with Crippen molar-refractivity contribution in [1.82, 2.24) is 9.97 Å². The summed E-state index contributed by atoms with van der Waals surface area (Å²) in [6, 6.07) is 7.98. The molecule has 0 atom stereocenters. The summed E-state index contributed by atoms with van der Waals surface area (Å²) >= 11 is 0. The summed E-state index contributed by atoms with van der Waals surface area (Å²) in [4.78, 5) is 8.57. The second kappa shape index (κ2) is 5.43. The van der Waals surface area contributed by atoms with Crippen LogP contribution in [0.1, 0.15) is 32.1 Å². The van der Waals surface area contributed by atoms with E-state index in [1.807, 2.05) is 24.3 Å². The molecule has 1 saturated carbocycles.